The summed E-state index contributed by atoms with van der Waals surface area (Å²) in [6.45, 7) is 7.65. The van der Waals surface area contributed by atoms with Gasteiger partial charge in [0.1, 0.15) is 12.6 Å². The Balaban J connectivity index is 1.81. The number of aryl methyl sites for hydroxylation is 3. The van der Waals surface area contributed by atoms with Crippen LogP contribution in [0.25, 0.3) is 0 Å². The van der Waals surface area contributed by atoms with E-state index in [1.165, 1.54) is 17.0 Å². The molecule has 0 saturated heterocycles. The van der Waals surface area contributed by atoms with Crippen LogP contribution in [0.5, 0.6) is 0 Å². The molecule has 2 amide bonds. The largest absolute Gasteiger partial charge is 0.354 e. The highest BCUT2D eigenvalue weighted by Crippen LogP contribution is 2.29. The lowest BCUT2D eigenvalue weighted by molar-refractivity contribution is -0.140. The first kappa shape index (κ1) is 33.7. The van der Waals surface area contributed by atoms with Crippen LogP contribution in [-0.2, 0) is 32.6 Å². The van der Waals surface area contributed by atoms with Crippen LogP contribution >= 0.6 is 11.6 Å². The standard InChI is InChI=1S/C36H40ClN3O4S/c1-5-20-38-36(42)34(22-29-11-7-6-8-12-29)39(24-30-13-9-10-27(3)21-30)35(41)25-40(31-17-16-28(4)33(37)23-31)45(43,44)32-18-14-26(2)15-19-32/h6-19,21,23,34H,5,20,22,24-25H2,1-4H3,(H,38,42). The summed E-state index contributed by atoms with van der Waals surface area (Å²) in [5, 5.41) is 3.34. The van der Waals surface area contributed by atoms with Crippen LogP contribution in [0.15, 0.2) is 102 Å². The molecular weight excluding hydrogens is 606 g/mol. The van der Waals surface area contributed by atoms with Gasteiger partial charge in [-0.3, -0.25) is 13.9 Å². The third-order valence-corrected chi connectivity index (χ3v) is 9.78. The summed E-state index contributed by atoms with van der Waals surface area (Å²) in [6, 6.07) is 27.7. The summed E-state index contributed by atoms with van der Waals surface area (Å²) >= 11 is 6.46. The topological polar surface area (TPSA) is 86.8 Å². The first-order valence-corrected chi connectivity index (χ1v) is 16.8. The van der Waals surface area contributed by atoms with Crippen LogP contribution in [0.1, 0.15) is 41.2 Å². The van der Waals surface area contributed by atoms with E-state index in [4.69, 9.17) is 11.6 Å². The molecule has 0 bridgehead atoms. The molecule has 45 heavy (non-hydrogen) atoms. The molecule has 0 aromatic heterocycles. The highest BCUT2D eigenvalue weighted by molar-refractivity contribution is 7.92. The molecule has 0 aliphatic heterocycles. The predicted octanol–water partition coefficient (Wildman–Crippen LogP) is 6.63. The Morgan fingerprint density at radius 2 is 1.51 bits per heavy atom. The van der Waals surface area contributed by atoms with Crippen LogP contribution < -0.4 is 9.62 Å². The molecule has 0 fully saturated rings. The van der Waals surface area contributed by atoms with Gasteiger partial charge >= 0.3 is 0 Å². The minimum Gasteiger partial charge on any atom is -0.354 e. The molecule has 0 aliphatic rings. The lowest BCUT2D eigenvalue weighted by Crippen LogP contribution is -2.53. The van der Waals surface area contributed by atoms with Gasteiger partial charge in [-0.2, -0.15) is 0 Å². The van der Waals surface area contributed by atoms with Crippen molar-refractivity contribution in [2.45, 2.75) is 58.0 Å². The van der Waals surface area contributed by atoms with E-state index >= 15 is 0 Å². The van der Waals surface area contributed by atoms with Crippen molar-refractivity contribution in [2.24, 2.45) is 0 Å². The van der Waals surface area contributed by atoms with Crippen molar-refractivity contribution in [3.63, 3.8) is 0 Å². The molecule has 0 radical (unpaired) electrons. The maximum atomic E-state index is 14.5. The molecule has 0 aliphatic carbocycles. The summed E-state index contributed by atoms with van der Waals surface area (Å²) in [5.74, 6) is -0.815. The normalized spacial score (nSPS) is 11.9. The summed E-state index contributed by atoms with van der Waals surface area (Å²) < 4.78 is 29.4. The molecule has 1 N–H and O–H groups in total. The van der Waals surface area contributed by atoms with E-state index in [2.05, 4.69) is 5.32 Å². The average molecular weight is 646 g/mol. The minimum absolute atomic E-state index is 0.0457. The average Bonchev–Trinajstić information content (AvgIpc) is 3.02. The SMILES string of the molecule is CCCNC(=O)C(Cc1ccccc1)N(Cc1cccc(C)c1)C(=O)CN(c1ccc(C)c(Cl)c1)S(=O)(=O)c1ccc(C)cc1. The summed E-state index contributed by atoms with van der Waals surface area (Å²) in [5.41, 5.74) is 4.65. The summed E-state index contributed by atoms with van der Waals surface area (Å²) in [7, 11) is -4.20. The molecular formula is C36H40ClN3O4S. The second kappa shape index (κ2) is 15.2. The van der Waals surface area contributed by atoms with Crippen LogP contribution in [-0.4, -0.2) is 44.3 Å². The molecule has 4 aromatic carbocycles. The van der Waals surface area contributed by atoms with E-state index in [9.17, 15) is 18.0 Å². The maximum Gasteiger partial charge on any atom is 0.264 e. The number of hydrogen-bond acceptors (Lipinski definition) is 4. The Morgan fingerprint density at radius 3 is 2.16 bits per heavy atom. The third kappa shape index (κ3) is 8.74. The molecule has 7 nitrogen and oxygen atoms in total. The van der Waals surface area contributed by atoms with Gasteiger partial charge in [0.2, 0.25) is 11.8 Å². The third-order valence-electron chi connectivity index (χ3n) is 7.59. The fraction of sp³-hybridized carbons (Fsp3) is 0.278. The number of carbonyl (C=O) groups is 2. The Hall–Kier alpha value is -4.14. The summed E-state index contributed by atoms with van der Waals surface area (Å²) in [6.07, 6.45) is 0.987. The van der Waals surface area contributed by atoms with E-state index < -0.39 is 28.5 Å². The lowest BCUT2D eigenvalue weighted by atomic mass is 10.0. The van der Waals surface area contributed by atoms with Gasteiger partial charge in [0, 0.05) is 24.5 Å². The fourth-order valence-corrected chi connectivity index (χ4v) is 6.61. The Morgan fingerprint density at radius 1 is 0.822 bits per heavy atom. The molecule has 236 valence electrons. The van der Waals surface area contributed by atoms with Crippen molar-refractivity contribution < 1.29 is 18.0 Å². The van der Waals surface area contributed by atoms with Crippen LogP contribution in [0.2, 0.25) is 5.02 Å². The molecule has 0 spiro atoms. The molecule has 0 heterocycles. The zero-order valence-electron chi connectivity index (χ0n) is 26.2. The molecule has 0 saturated carbocycles. The number of amides is 2. The van der Waals surface area contributed by atoms with Gasteiger partial charge in [-0.15, -0.1) is 0 Å². The number of anilines is 1. The van der Waals surface area contributed by atoms with Crippen LogP contribution in [0, 0.1) is 20.8 Å². The van der Waals surface area contributed by atoms with Gasteiger partial charge in [0.05, 0.1) is 10.6 Å². The van der Waals surface area contributed by atoms with Crippen molar-refractivity contribution in [2.75, 3.05) is 17.4 Å². The number of sulfonamides is 1. The van der Waals surface area contributed by atoms with Gasteiger partial charge in [0.25, 0.3) is 10.0 Å². The smallest absolute Gasteiger partial charge is 0.264 e. The van der Waals surface area contributed by atoms with E-state index in [0.717, 1.165) is 38.5 Å². The quantitative estimate of drug-likeness (QED) is 0.177. The van der Waals surface area contributed by atoms with Crippen molar-refractivity contribution in [3.05, 3.63) is 130 Å². The second-order valence-electron chi connectivity index (χ2n) is 11.3. The van der Waals surface area contributed by atoms with Crippen molar-refractivity contribution in [1.29, 1.82) is 0 Å². The van der Waals surface area contributed by atoms with Gasteiger partial charge in [0.15, 0.2) is 0 Å². The van der Waals surface area contributed by atoms with E-state index in [1.807, 2.05) is 82.3 Å². The molecule has 4 aromatic rings. The minimum atomic E-state index is -4.20. The van der Waals surface area contributed by atoms with Gasteiger partial charge in [-0.05, 0) is 68.1 Å². The number of benzene rings is 4. The number of carbonyl (C=O) groups excluding carboxylic acids is 2. The van der Waals surface area contributed by atoms with E-state index in [-0.39, 0.29) is 29.5 Å². The van der Waals surface area contributed by atoms with E-state index in [1.54, 1.807) is 30.3 Å². The molecule has 4 rings (SSSR count). The van der Waals surface area contributed by atoms with Crippen LogP contribution in [0.4, 0.5) is 5.69 Å². The maximum absolute atomic E-state index is 14.5. The highest BCUT2D eigenvalue weighted by Gasteiger charge is 2.34. The second-order valence-corrected chi connectivity index (χ2v) is 13.5. The predicted molar refractivity (Wildman–Crippen MR) is 181 cm³/mol. The number of rotatable bonds is 13. The number of hydrogen-bond donors (Lipinski definition) is 1. The monoisotopic (exact) mass is 645 g/mol. The molecule has 1 atom stereocenters. The Bertz CT molecular complexity index is 1730. The van der Waals surface area contributed by atoms with Crippen LogP contribution in [0.3, 0.4) is 0 Å². The summed E-state index contributed by atoms with van der Waals surface area (Å²) in [4.78, 5) is 29.8. The lowest BCUT2D eigenvalue weighted by Gasteiger charge is -2.34. The van der Waals surface area contributed by atoms with Gasteiger partial charge in [-0.1, -0.05) is 102 Å². The highest BCUT2D eigenvalue weighted by atomic mass is 35.5. The Kier molecular flexibility index (Phi) is 11.4. The zero-order valence-corrected chi connectivity index (χ0v) is 27.7. The van der Waals surface area contributed by atoms with E-state index in [0.29, 0.717) is 11.6 Å². The van der Waals surface area contributed by atoms with Gasteiger partial charge < -0.3 is 10.2 Å². The molecule has 1 unspecified atom stereocenters. The molecule has 9 heteroatoms. The first-order valence-electron chi connectivity index (χ1n) is 15.0. The number of halogens is 1. The number of nitrogens with one attached hydrogen (secondary N) is 1. The number of nitrogens with zero attached hydrogens (tertiary/aromatic N) is 2. The fourth-order valence-electron chi connectivity index (χ4n) is 5.03. The van der Waals surface area contributed by atoms with Gasteiger partial charge in [-0.25, -0.2) is 8.42 Å². The van der Waals surface area contributed by atoms with Crippen molar-refractivity contribution in [3.8, 4) is 0 Å². The Labute approximate surface area is 271 Å². The van der Waals surface area contributed by atoms with Crippen molar-refractivity contribution in [1.82, 2.24) is 10.2 Å². The first-order chi connectivity index (χ1) is 21.5. The zero-order chi connectivity index (χ0) is 32.6. The van der Waals surface area contributed by atoms with Crippen molar-refractivity contribution >= 4 is 39.1 Å².